The molecule has 0 aliphatic carbocycles. The van der Waals surface area contributed by atoms with Gasteiger partial charge in [0.1, 0.15) is 6.61 Å². The molecule has 0 aromatic carbocycles. The fourth-order valence-electron chi connectivity index (χ4n) is 4.80. The minimum atomic E-state index is -1.70. The van der Waals surface area contributed by atoms with Gasteiger partial charge in [0.15, 0.2) is 8.32 Å². The van der Waals surface area contributed by atoms with E-state index in [0.717, 1.165) is 18.8 Å². The Balaban J connectivity index is 4.47. The van der Waals surface area contributed by atoms with Gasteiger partial charge in [-0.2, -0.15) is 0 Å². The molecule has 0 N–H and O–H groups in total. The summed E-state index contributed by atoms with van der Waals surface area (Å²) in [4.78, 5) is 11.8. The Kier molecular flexibility index (Phi) is 25.4. The van der Waals surface area contributed by atoms with Crippen LogP contribution in [0.2, 0.25) is 18.1 Å². The number of unbranched alkanes of at least 4 members (excludes halogenated alkanes) is 14. The molecule has 0 amide bonds. The van der Waals surface area contributed by atoms with E-state index >= 15 is 0 Å². The monoisotopic (exact) mass is 502 g/mol. The Morgan fingerprint density at radius 3 is 1.48 bits per heavy atom. The highest BCUT2D eigenvalue weighted by Gasteiger charge is 2.33. The molecule has 0 saturated carbocycles. The van der Waals surface area contributed by atoms with Gasteiger partial charge in [0.2, 0.25) is 5.12 Å². The van der Waals surface area contributed by atoms with Crippen molar-refractivity contribution in [2.75, 3.05) is 26.1 Å². The Morgan fingerprint density at radius 1 is 0.636 bits per heavy atom. The maximum Gasteiger partial charge on any atom is 0.214 e. The number of carbonyl (C=O) groups is 1. The first-order chi connectivity index (χ1) is 16.1. The Labute approximate surface area is 213 Å². The fourth-order valence-corrected chi connectivity index (χ4v) is 10.2. The van der Waals surface area contributed by atoms with Crippen LogP contribution in [0.5, 0.6) is 0 Å². The highest BCUT2D eigenvalue weighted by atomic mass is 32.2. The lowest BCUT2D eigenvalue weighted by atomic mass is 10.1. The summed E-state index contributed by atoms with van der Waals surface area (Å²) in [6.45, 7) is 7.85. The zero-order chi connectivity index (χ0) is 24.5. The highest BCUT2D eigenvalue weighted by Crippen LogP contribution is 2.31. The van der Waals surface area contributed by atoms with Gasteiger partial charge < -0.3 is 9.16 Å². The summed E-state index contributed by atoms with van der Waals surface area (Å²) in [7, 11) is -0.108. The predicted octanol–water partition coefficient (Wildman–Crippen LogP) is 9.55. The van der Waals surface area contributed by atoms with E-state index in [9.17, 15) is 4.79 Å². The number of hydrogen-bond donors (Lipinski definition) is 0. The molecule has 0 unspecified atom stereocenters. The molecular formula is C28H58O3SSi. The van der Waals surface area contributed by atoms with Crippen molar-refractivity contribution in [3.05, 3.63) is 0 Å². The molecule has 198 valence electrons. The Bertz CT molecular complexity index is 400. The Morgan fingerprint density at radius 2 is 1.06 bits per heavy atom. The minimum Gasteiger partial charge on any atom is -0.417 e. The first kappa shape index (κ1) is 33.2. The SMILES string of the molecule is CCCCCCCCCC[Si](CCCCCCCCCC)(CCCSC(=O)COC)OCC. The normalized spacial score (nSPS) is 11.9. The third kappa shape index (κ3) is 21.2. The molecule has 0 bridgehead atoms. The van der Waals surface area contributed by atoms with Crippen molar-refractivity contribution in [2.45, 2.75) is 148 Å². The summed E-state index contributed by atoms with van der Waals surface area (Å²) in [5, 5.41) is 0.160. The second-order valence-corrected chi connectivity index (χ2v) is 15.1. The zero-order valence-electron chi connectivity index (χ0n) is 22.9. The van der Waals surface area contributed by atoms with E-state index in [1.54, 1.807) is 7.11 Å². The smallest absolute Gasteiger partial charge is 0.214 e. The summed E-state index contributed by atoms with van der Waals surface area (Å²) < 4.78 is 11.6. The van der Waals surface area contributed by atoms with Crippen molar-refractivity contribution in [1.82, 2.24) is 0 Å². The molecule has 0 spiro atoms. The topological polar surface area (TPSA) is 35.5 Å². The van der Waals surface area contributed by atoms with Crippen molar-refractivity contribution in [3.63, 3.8) is 0 Å². The average Bonchev–Trinajstić information content (AvgIpc) is 2.80. The summed E-state index contributed by atoms with van der Waals surface area (Å²) in [5.41, 5.74) is 0. The van der Waals surface area contributed by atoms with E-state index in [1.165, 1.54) is 133 Å². The van der Waals surface area contributed by atoms with Crippen molar-refractivity contribution >= 4 is 25.2 Å². The second kappa shape index (κ2) is 25.3. The number of hydrogen-bond acceptors (Lipinski definition) is 4. The predicted molar refractivity (Wildman–Crippen MR) is 151 cm³/mol. The van der Waals surface area contributed by atoms with Gasteiger partial charge in [0.05, 0.1) is 0 Å². The quantitative estimate of drug-likeness (QED) is 0.0871. The van der Waals surface area contributed by atoms with Gasteiger partial charge in [-0.15, -0.1) is 0 Å². The van der Waals surface area contributed by atoms with E-state index in [2.05, 4.69) is 20.8 Å². The van der Waals surface area contributed by atoms with Crippen molar-refractivity contribution < 1.29 is 14.0 Å². The van der Waals surface area contributed by atoms with E-state index in [1.807, 2.05) is 0 Å². The molecular weight excluding hydrogens is 444 g/mol. The first-order valence-corrected chi connectivity index (χ1v) is 17.9. The van der Waals surface area contributed by atoms with Crippen molar-refractivity contribution in [2.24, 2.45) is 0 Å². The molecule has 5 heteroatoms. The molecule has 0 aliphatic heterocycles. The maximum absolute atomic E-state index is 11.8. The first-order valence-electron chi connectivity index (χ1n) is 14.4. The molecule has 0 aliphatic rings. The minimum absolute atomic E-state index is 0.160. The molecule has 0 heterocycles. The Hall–Kier alpha value is 0.157. The van der Waals surface area contributed by atoms with Crippen LogP contribution in [0.25, 0.3) is 0 Å². The lowest BCUT2D eigenvalue weighted by molar-refractivity contribution is -0.114. The van der Waals surface area contributed by atoms with Gasteiger partial charge in [-0.3, -0.25) is 4.79 Å². The fraction of sp³-hybridized carbons (Fsp3) is 0.964. The molecule has 33 heavy (non-hydrogen) atoms. The van der Waals surface area contributed by atoms with Gasteiger partial charge in [0, 0.05) is 19.5 Å². The molecule has 0 aromatic heterocycles. The molecule has 0 rings (SSSR count). The van der Waals surface area contributed by atoms with Gasteiger partial charge in [-0.25, -0.2) is 0 Å². The highest BCUT2D eigenvalue weighted by molar-refractivity contribution is 8.13. The molecule has 0 aromatic rings. The zero-order valence-corrected chi connectivity index (χ0v) is 24.7. The van der Waals surface area contributed by atoms with Crippen LogP contribution < -0.4 is 0 Å². The van der Waals surface area contributed by atoms with E-state index in [0.29, 0.717) is 0 Å². The number of rotatable bonds is 26. The van der Waals surface area contributed by atoms with Crippen LogP contribution in [0.15, 0.2) is 0 Å². The van der Waals surface area contributed by atoms with Crippen molar-refractivity contribution in [3.8, 4) is 0 Å². The van der Waals surface area contributed by atoms with Crippen LogP contribution in [0.3, 0.4) is 0 Å². The van der Waals surface area contributed by atoms with Crippen LogP contribution in [0, 0.1) is 0 Å². The van der Waals surface area contributed by atoms with Gasteiger partial charge in [-0.1, -0.05) is 128 Å². The third-order valence-corrected chi connectivity index (χ3v) is 12.4. The summed E-state index contributed by atoms with van der Waals surface area (Å²) in [6.07, 6.45) is 23.2. The second-order valence-electron chi connectivity index (χ2n) is 9.82. The summed E-state index contributed by atoms with van der Waals surface area (Å²) in [5.74, 6) is 0.916. The molecule has 0 fully saturated rings. The van der Waals surface area contributed by atoms with Gasteiger partial charge >= 0.3 is 0 Å². The maximum atomic E-state index is 11.8. The summed E-state index contributed by atoms with van der Waals surface area (Å²) >= 11 is 1.45. The molecule has 3 nitrogen and oxygen atoms in total. The lowest BCUT2D eigenvalue weighted by Gasteiger charge is -2.31. The molecule has 0 saturated heterocycles. The van der Waals surface area contributed by atoms with Gasteiger partial charge in [0.25, 0.3) is 0 Å². The third-order valence-electron chi connectivity index (χ3n) is 6.72. The van der Waals surface area contributed by atoms with Crippen LogP contribution in [-0.2, 0) is 14.0 Å². The summed E-state index contributed by atoms with van der Waals surface area (Å²) in [6, 6.07) is 3.87. The van der Waals surface area contributed by atoms with Crippen LogP contribution in [-0.4, -0.2) is 39.5 Å². The molecule has 0 radical (unpaired) electrons. The van der Waals surface area contributed by atoms with E-state index in [4.69, 9.17) is 9.16 Å². The van der Waals surface area contributed by atoms with E-state index < -0.39 is 8.32 Å². The van der Waals surface area contributed by atoms with Gasteiger partial charge in [-0.05, 0) is 31.5 Å². The van der Waals surface area contributed by atoms with Crippen molar-refractivity contribution in [1.29, 1.82) is 0 Å². The number of methoxy groups -OCH3 is 1. The number of ether oxygens (including phenoxy) is 1. The largest absolute Gasteiger partial charge is 0.417 e. The molecule has 0 atom stereocenters. The van der Waals surface area contributed by atoms with Crippen LogP contribution >= 0.6 is 11.8 Å². The average molecular weight is 503 g/mol. The lowest BCUT2D eigenvalue weighted by Crippen LogP contribution is -2.38. The van der Waals surface area contributed by atoms with Crippen LogP contribution in [0.1, 0.15) is 130 Å². The van der Waals surface area contributed by atoms with Crippen LogP contribution in [0.4, 0.5) is 0 Å². The van der Waals surface area contributed by atoms with E-state index in [-0.39, 0.29) is 11.7 Å². The number of carbonyl (C=O) groups excluding carboxylic acids is 1. The standard InChI is InChI=1S/C28H58O3SSi/c1-5-8-10-12-14-16-18-20-24-33(31-7-3,26-22-23-32-28(29)27-30-4)25-21-19-17-15-13-11-9-6-2/h5-27H2,1-4H3. The number of thioether (sulfide) groups is 1.